The summed E-state index contributed by atoms with van der Waals surface area (Å²) < 4.78 is 0.840. The van der Waals surface area contributed by atoms with E-state index in [2.05, 4.69) is 25.8 Å². The molecule has 1 aromatic heterocycles. The third-order valence-electron chi connectivity index (χ3n) is 6.27. The van der Waals surface area contributed by atoms with Crippen LogP contribution in [0.1, 0.15) is 75.4 Å². The molecule has 1 heterocycles. The van der Waals surface area contributed by atoms with Gasteiger partial charge in [-0.25, -0.2) is 4.98 Å². The molecule has 114 valence electrons. The number of H-pyrrole nitrogens is 1. The van der Waals surface area contributed by atoms with Crippen LogP contribution in [0, 0.1) is 29.3 Å². The topological polar surface area (TPSA) is 28.7 Å². The maximum atomic E-state index is 5.63. The lowest BCUT2D eigenvalue weighted by Crippen LogP contribution is -2.49. The second-order valence-electron chi connectivity index (χ2n) is 8.28. The van der Waals surface area contributed by atoms with Crippen molar-refractivity contribution in [3.05, 3.63) is 21.7 Å². The van der Waals surface area contributed by atoms with Crippen molar-refractivity contribution in [2.45, 2.75) is 70.6 Å². The second kappa shape index (κ2) is 4.65. The number of aromatic nitrogens is 2. The van der Waals surface area contributed by atoms with Gasteiger partial charge in [-0.15, -0.1) is 0 Å². The Morgan fingerprint density at radius 3 is 2.05 bits per heavy atom. The molecule has 0 radical (unpaired) electrons. The van der Waals surface area contributed by atoms with Crippen LogP contribution in [0.15, 0.2) is 0 Å². The molecule has 4 bridgehead atoms. The van der Waals surface area contributed by atoms with Gasteiger partial charge in [0, 0.05) is 16.7 Å². The minimum Gasteiger partial charge on any atom is -0.347 e. The van der Waals surface area contributed by atoms with Crippen LogP contribution in [0.2, 0.25) is 0 Å². The minimum absolute atomic E-state index is 0.322. The fourth-order valence-corrected chi connectivity index (χ4v) is 6.41. The fraction of sp³-hybridized carbons (Fsp3) is 0.778. The number of hydrogen-bond donors (Lipinski definition) is 1. The predicted molar refractivity (Wildman–Crippen MR) is 88.1 cm³/mol. The Labute approximate surface area is 132 Å². The van der Waals surface area contributed by atoms with E-state index in [9.17, 15) is 0 Å². The summed E-state index contributed by atoms with van der Waals surface area (Å²) in [7, 11) is 0. The minimum atomic E-state index is 0.322. The van der Waals surface area contributed by atoms with Gasteiger partial charge in [-0.3, -0.25) is 0 Å². The first-order valence-corrected chi connectivity index (χ1v) is 8.99. The average molecular weight is 302 g/mol. The zero-order chi connectivity index (χ0) is 14.8. The largest absolute Gasteiger partial charge is 0.347 e. The number of nitrogens with one attached hydrogen (secondary N) is 1. The molecule has 0 aliphatic heterocycles. The summed E-state index contributed by atoms with van der Waals surface area (Å²) >= 11 is 5.63. The highest BCUT2D eigenvalue weighted by molar-refractivity contribution is 7.71. The smallest absolute Gasteiger partial charge is 0.133 e. The number of aromatic amines is 1. The summed E-state index contributed by atoms with van der Waals surface area (Å²) in [6, 6.07) is 0. The Kier molecular flexibility index (Phi) is 3.08. The normalized spacial score (nSPS) is 37.4. The number of aryl methyl sites for hydroxylation is 1. The molecule has 1 N–H and O–H groups in total. The van der Waals surface area contributed by atoms with Gasteiger partial charge in [0.25, 0.3) is 0 Å². The Morgan fingerprint density at radius 2 is 1.62 bits per heavy atom. The zero-order valence-electron chi connectivity index (χ0n) is 13.4. The quantitative estimate of drug-likeness (QED) is 0.775. The van der Waals surface area contributed by atoms with Crippen molar-refractivity contribution in [2.75, 3.05) is 0 Å². The summed E-state index contributed by atoms with van der Waals surface area (Å²) in [5, 5.41) is 0. The second-order valence-corrected chi connectivity index (χ2v) is 8.67. The maximum absolute atomic E-state index is 5.63. The summed E-state index contributed by atoms with van der Waals surface area (Å²) in [5.74, 6) is 4.51. The van der Waals surface area contributed by atoms with Crippen LogP contribution in [0.5, 0.6) is 0 Å². The highest BCUT2D eigenvalue weighted by Gasteiger charge is 2.52. The van der Waals surface area contributed by atoms with Crippen LogP contribution >= 0.6 is 12.2 Å². The Bertz CT molecular complexity index is 593. The van der Waals surface area contributed by atoms with Crippen LogP contribution in [-0.4, -0.2) is 9.97 Å². The molecule has 3 heteroatoms. The van der Waals surface area contributed by atoms with Gasteiger partial charge in [-0.2, -0.15) is 0 Å². The number of hydrogen-bond acceptors (Lipinski definition) is 2. The lowest BCUT2D eigenvalue weighted by atomic mass is 9.49. The average Bonchev–Trinajstić information content (AvgIpc) is 2.35. The van der Waals surface area contributed by atoms with Crippen LogP contribution in [0.4, 0.5) is 0 Å². The van der Waals surface area contributed by atoms with Gasteiger partial charge in [0.05, 0.1) is 0 Å². The van der Waals surface area contributed by atoms with Crippen LogP contribution in [0.3, 0.4) is 0 Å². The van der Waals surface area contributed by atoms with Crippen molar-refractivity contribution < 1.29 is 0 Å². The van der Waals surface area contributed by atoms with Gasteiger partial charge in [-0.1, -0.05) is 26.1 Å². The first-order chi connectivity index (χ1) is 9.97. The van der Waals surface area contributed by atoms with Gasteiger partial charge >= 0.3 is 0 Å². The summed E-state index contributed by atoms with van der Waals surface area (Å²) in [4.78, 5) is 8.58. The van der Waals surface area contributed by atoms with Crippen LogP contribution in [0.25, 0.3) is 0 Å². The van der Waals surface area contributed by atoms with Gasteiger partial charge in [0.2, 0.25) is 0 Å². The van der Waals surface area contributed by atoms with Crippen molar-refractivity contribution >= 4 is 12.2 Å². The van der Waals surface area contributed by atoms with E-state index in [-0.39, 0.29) is 0 Å². The standard InChI is InChI=1S/C18H26N2S/c1-10(2)15-11(3)19-17(20-16(15)21)18-7-12-4-13(8-18)6-14(5-12)9-18/h10,12-14H,4-9H2,1-3H3,(H,19,20,21). The van der Waals surface area contributed by atoms with E-state index in [1.54, 1.807) is 0 Å². The van der Waals surface area contributed by atoms with E-state index < -0.39 is 0 Å². The molecule has 21 heavy (non-hydrogen) atoms. The maximum Gasteiger partial charge on any atom is 0.133 e. The summed E-state index contributed by atoms with van der Waals surface area (Å²) in [6.07, 6.45) is 8.46. The molecule has 4 aliphatic rings. The van der Waals surface area contributed by atoms with Crippen molar-refractivity contribution in [1.82, 2.24) is 9.97 Å². The van der Waals surface area contributed by atoms with Gasteiger partial charge < -0.3 is 4.98 Å². The summed E-state index contributed by atoms with van der Waals surface area (Å²) in [5.41, 5.74) is 2.80. The highest BCUT2D eigenvalue weighted by Crippen LogP contribution is 2.60. The third kappa shape index (κ3) is 2.11. The van der Waals surface area contributed by atoms with Crippen molar-refractivity contribution in [3.63, 3.8) is 0 Å². The molecule has 0 amide bonds. The molecule has 0 atom stereocenters. The fourth-order valence-electron chi connectivity index (χ4n) is 5.93. The van der Waals surface area contributed by atoms with E-state index in [0.29, 0.717) is 11.3 Å². The highest BCUT2D eigenvalue weighted by atomic mass is 32.1. The monoisotopic (exact) mass is 302 g/mol. The van der Waals surface area contributed by atoms with E-state index in [4.69, 9.17) is 17.2 Å². The molecule has 0 aromatic carbocycles. The molecule has 5 rings (SSSR count). The Balaban J connectivity index is 1.79. The van der Waals surface area contributed by atoms with E-state index >= 15 is 0 Å². The molecular formula is C18H26N2S. The molecule has 0 unspecified atom stereocenters. The number of nitrogens with zero attached hydrogens (tertiary/aromatic N) is 1. The lowest BCUT2D eigenvalue weighted by Gasteiger charge is -2.56. The van der Waals surface area contributed by atoms with Gasteiger partial charge in [0.1, 0.15) is 10.5 Å². The molecule has 4 aliphatic carbocycles. The Hall–Kier alpha value is -0.700. The molecule has 4 fully saturated rings. The van der Waals surface area contributed by atoms with E-state index in [0.717, 1.165) is 22.4 Å². The summed E-state index contributed by atoms with van der Waals surface area (Å²) in [6.45, 7) is 6.59. The lowest BCUT2D eigenvalue weighted by molar-refractivity contribution is -0.00955. The molecule has 4 saturated carbocycles. The zero-order valence-corrected chi connectivity index (χ0v) is 14.2. The van der Waals surface area contributed by atoms with Gasteiger partial charge in [0.15, 0.2) is 0 Å². The van der Waals surface area contributed by atoms with Crippen molar-refractivity contribution in [3.8, 4) is 0 Å². The Morgan fingerprint density at radius 1 is 1.10 bits per heavy atom. The van der Waals surface area contributed by atoms with Crippen LogP contribution in [-0.2, 0) is 5.41 Å². The molecule has 0 saturated heterocycles. The van der Waals surface area contributed by atoms with E-state index in [1.165, 1.54) is 55.6 Å². The molecule has 0 spiro atoms. The van der Waals surface area contributed by atoms with Crippen molar-refractivity contribution in [1.29, 1.82) is 0 Å². The van der Waals surface area contributed by atoms with Crippen molar-refractivity contribution in [2.24, 2.45) is 17.8 Å². The SMILES string of the molecule is Cc1[nH]c(C23CC4CC(CC(C4)C2)C3)nc(=S)c1C(C)C. The van der Waals surface area contributed by atoms with Gasteiger partial charge in [-0.05, 0) is 69.1 Å². The predicted octanol–water partition coefficient (Wildman–Crippen LogP) is 5.04. The molecule has 1 aromatic rings. The van der Waals surface area contributed by atoms with Crippen LogP contribution < -0.4 is 0 Å². The molecule has 2 nitrogen and oxygen atoms in total. The third-order valence-corrected chi connectivity index (χ3v) is 6.58. The number of rotatable bonds is 2. The first kappa shape index (κ1) is 13.9. The first-order valence-electron chi connectivity index (χ1n) is 8.58. The van der Waals surface area contributed by atoms with E-state index in [1.807, 2.05) is 0 Å². The molecular weight excluding hydrogens is 276 g/mol.